The lowest BCUT2D eigenvalue weighted by atomic mass is 9.96. The smallest absolute Gasteiger partial charge is 0.313 e. The number of hydrogen-bond donors (Lipinski definition) is 0. The summed E-state index contributed by atoms with van der Waals surface area (Å²) in [6.07, 6.45) is 1.03. The number of amides is 1. The quantitative estimate of drug-likeness (QED) is 0.569. The molecule has 1 aliphatic rings. The van der Waals surface area contributed by atoms with E-state index in [1.807, 2.05) is 24.3 Å². The summed E-state index contributed by atoms with van der Waals surface area (Å²) in [5, 5.41) is 8.20. The van der Waals surface area contributed by atoms with Crippen molar-refractivity contribution in [2.75, 3.05) is 11.4 Å². The molecule has 1 saturated heterocycles. The number of para-hydroxylation sites is 1. The van der Waals surface area contributed by atoms with E-state index in [1.54, 1.807) is 29.2 Å². The second kappa shape index (κ2) is 8.67. The first-order chi connectivity index (χ1) is 15.0. The van der Waals surface area contributed by atoms with E-state index in [1.165, 1.54) is 0 Å². The normalized spacial score (nSPS) is 17.2. The van der Waals surface area contributed by atoms with Crippen LogP contribution in [0, 0.1) is 5.92 Å². The number of anilines is 1. The van der Waals surface area contributed by atoms with Gasteiger partial charge < -0.3 is 9.64 Å². The zero-order chi connectivity index (χ0) is 22.0. The summed E-state index contributed by atoms with van der Waals surface area (Å²) in [5.74, 6) is -0.936. The minimum absolute atomic E-state index is 0.0754. The zero-order valence-corrected chi connectivity index (χ0v) is 17.5. The molecule has 1 amide bonds. The largest absolute Gasteiger partial charge is 0.442 e. The van der Waals surface area contributed by atoms with Gasteiger partial charge in [0, 0.05) is 18.7 Å². The van der Waals surface area contributed by atoms with Gasteiger partial charge in [0.2, 0.25) is 5.91 Å². The fourth-order valence-corrected chi connectivity index (χ4v) is 3.82. The minimum atomic E-state index is -0.596. The minimum Gasteiger partial charge on any atom is -0.442 e. The molecule has 1 fully saturated rings. The predicted octanol–water partition coefficient (Wildman–Crippen LogP) is 2.86. The molecule has 8 heteroatoms. The number of ether oxygens (including phenoxy) is 1. The molecular formula is C23H24N4O4. The molecule has 8 nitrogen and oxygen atoms in total. The zero-order valence-electron chi connectivity index (χ0n) is 17.5. The van der Waals surface area contributed by atoms with Crippen molar-refractivity contribution in [1.82, 2.24) is 15.0 Å². The summed E-state index contributed by atoms with van der Waals surface area (Å²) < 4.78 is 6.32. The lowest BCUT2D eigenvalue weighted by Crippen LogP contribution is -2.30. The second-order valence-electron chi connectivity index (χ2n) is 7.78. The monoisotopic (exact) mass is 420 g/mol. The average molecular weight is 420 g/mol. The van der Waals surface area contributed by atoms with Crippen LogP contribution >= 0.6 is 0 Å². The third-order valence-electron chi connectivity index (χ3n) is 5.79. The average Bonchev–Trinajstić information content (AvgIpc) is 3.19. The standard InChI is InChI=1S/C23H24N4O4/c1-3-15(2)17-8-5-7-11-20(17)26-13-16(12-21(26)28)23(30)31-14-27-22(29)18-9-4-6-10-19(18)24-25-27/h4-11,15-16H,3,12-14H2,1-2H3/t15-,16+/m1/s1. The molecule has 0 spiro atoms. The van der Waals surface area contributed by atoms with Crippen molar-refractivity contribution >= 4 is 28.5 Å². The Hall–Kier alpha value is -3.55. The molecule has 1 aliphatic heterocycles. The summed E-state index contributed by atoms with van der Waals surface area (Å²) >= 11 is 0. The van der Waals surface area contributed by atoms with Gasteiger partial charge in [-0.05, 0) is 36.1 Å². The second-order valence-corrected chi connectivity index (χ2v) is 7.78. The number of carbonyl (C=O) groups is 2. The number of rotatable bonds is 6. The van der Waals surface area contributed by atoms with Gasteiger partial charge in [0.1, 0.15) is 5.52 Å². The van der Waals surface area contributed by atoms with Crippen molar-refractivity contribution in [3.05, 3.63) is 64.4 Å². The molecule has 160 valence electrons. The molecule has 2 atom stereocenters. The van der Waals surface area contributed by atoms with E-state index in [0.717, 1.165) is 22.4 Å². The van der Waals surface area contributed by atoms with Crippen molar-refractivity contribution in [2.24, 2.45) is 5.92 Å². The third-order valence-corrected chi connectivity index (χ3v) is 5.79. The number of hydrogen-bond acceptors (Lipinski definition) is 6. The maximum atomic E-state index is 12.7. The Balaban J connectivity index is 1.46. The van der Waals surface area contributed by atoms with Gasteiger partial charge in [-0.25, -0.2) is 0 Å². The van der Waals surface area contributed by atoms with Crippen LogP contribution < -0.4 is 10.5 Å². The van der Waals surface area contributed by atoms with Crippen LogP contribution in [0.25, 0.3) is 10.9 Å². The summed E-state index contributed by atoms with van der Waals surface area (Å²) in [4.78, 5) is 39.4. The van der Waals surface area contributed by atoms with E-state index in [9.17, 15) is 14.4 Å². The summed E-state index contributed by atoms with van der Waals surface area (Å²) in [6.45, 7) is 4.13. The Morgan fingerprint density at radius 3 is 2.71 bits per heavy atom. The van der Waals surface area contributed by atoms with E-state index in [2.05, 4.69) is 24.2 Å². The van der Waals surface area contributed by atoms with Gasteiger partial charge in [0.15, 0.2) is 6.73 Å². The number of nitrogens with zero attached hydrogens (tertiary/aromatic N) is 4. The van der Waals surface area contributed by atoms with Gasteiger partial charge in [-0.15, -0.1) is 5.10 Å². The van der Waals surface area contributed by atoms with Crippen LogP contribution in [-0.4, -0.2) is 33.4 Å². The Bertz CT molecular complexity index is 1190. The van der Waals surface area contributed by atoms with Crippen molar-refractivity contribution in [3.63, 3.8) is 0 Å². The molecular weight excluding hydrogens is 396 g/mol. The van der Waals surface area contributed by atoms with Gasteiger partial charge in [0.25, 0.3) is 5.56 Å². The van der Waals surface area contributed by atoms with Crippen molar-refractivity contribution in [2.45, 2.75) is 39.3 Å². The highest BCUT2D eigenvalue weighted by molar-refractivity contribution is 6.00. The maximum Gasteiger partial charge on any atom is 0.313 e. The van der Waals surface area contributed by atoms with Crippen molar-refractivity contribution in [3.8, 4) is 0 Å². The summed E-state index contributed by atoms with van der Waals surface area (Å²) in [5.41, 5.74) is 2.02. The van der Waals surface area contributed by atoms with Crippen molar-refractivity contribution in [1.29, 1.82) is 0 Å². The number of esters is 1. The van der Waals surface area contributed by atoms with Crippen LogP contribution in [0.1, 0.15) is 38.2 Å². The molecule has 0 bridgehead atoms. The van der Waals surface area contributed by atoms with Crippen LogP contribution in [0.15, 0.2) is 53.3 Å². The lowest BCUT2D eigenvalue weighted by Gasteiger charge is -2.23. The van der Waals surface area contributed by atoms with E-state index in [4.69, 9.17) is 4.74 Å². The third kappa shape index (κ3) is 4.05. The first-order valence-corrected chi connectivity index (χ1v) is 10.4. The van der Waals surface area contributed by atoms with Gasteiger partial charge in [-0.3, -0.25) is 14.4 Å². The maximum absolute atomic E-state index is 12.7. The van der Waals surface area contributed by atoms with Crippen LogP contribution in [0.4, 0.5) is 5.69 Å². The molecule has 4 rings (SSSR count). The van der Waals surface area contributed by atoms with E-state index < -0.39 is 11.9 Å². The topological polar surface area (TPSA) is 94.4 Å². The van der Waals surface area contributed by atoms with Gasteiger partial charge in [-0.1, -0.05) is 49.4 Å². The van der Waals surface area contributed by atoms with E-state index in [-0.39, 0.29) is 31.2 Å². The first kappa shape index (κ1) is 20.7. The molecule has 3 aromatic rings. The van der Waals surface area contributed by atoms with Gasteiger partial charge in [0.05, 0.1) is 11.3 Å². The summed E-state index contributed by atoms with van der Waals surface area (Å²) in [6, 6.07) is 14.6. The van der Waals surface area contributed by atoms with Crippen molar-refractivity contribution < 1.29 is 14.3 Å². The Labute approximate surface area is 179 Å². The molecule has 2 heterocycles. The molecule has 0 aliphatic carbocycles. The lowest BCUT2D eigenvalue weighted by molar-refractivity contribution is -0.152. The highest BCUT2D eigenvalue weighted by Gasteiger charge is 2.37. The number of carbonyl (C=O) groups excluding carboxylic acids is 2. The molecule has 0 radical (unpaired) electrons. The number of aromatic nitrogens is 3. The Morgan fingerprint density at radius 2 is 1.90 bits per heavy atom. The number of benzene rings is 2. The van der Waals surface area contributed by atoms with Crippen LogP contribution in [0.3, 0.4) is 0 Å². The van der Waals surface area contributed by atoms with Gasteiger partial charge in [-0.2, -0.15) is 4.68 Å². The Morgan fingerprint density at radius 1 is 1.16 bits per heavy atom. The molecule has 0 saturated carbocycles. The van der Waals surface area contributed by atoms with Gasteiger partial charge >= 0.3 is 5.97 Å². The fourth-order valence-electron chi connectivity index (χ4n) is 3.82. The SMILES string of the molecule is CC[C@@H](C)c1ccccc1N1C[C@@H](C(=O)OCn2nnc3ccccc3c2=O)CC1=O. The highest BCUT2D eigenvalue weighted by atomic mass is 16.5. The molecule has 0 N–H and O–H groups in total. The molecule has 2 aromatic carbocycles. The van der Waals surface area contributed by atoms with Crippen LogP contribution in [0.5, 0.6) is 0 Å². The fraction of sp³-hybridized carbons (Fsp3) is 0.348. The molecule has 31 heavy (non-hydrogen) atoms. The first-order valence-electron chi connectivity index (χ1n) is 10.4. The van der Waals surface area contributed by atoms with E-state index in [0.29, 0.717) is 16.8 Å². The number of fused-ring (bicyclic) bond motifs is 1. The van der Waals surface area contributed by atoms with E-state index >= 15 is 0 Å². The van der Waals surface area contributed by atoms with Crippen LogP contribution in [0.2, 0.25) is 0 Å². The molecule has 1 aromatic heterocycles. The van der Waals surface area contributed by atoms with Crippen LogP contribution in [-0.2, 0) is 21.1 Å². The molecule has 0 unspecified atom stereocenters. The summed E-state index contributed by atoms with van der Waals surface area (Å²) in [7, 11) is 0. The predicted molar refractivity (Wildman–Crippen MR) is 115 cm³/mol. The Kier molecular flexibility index (Phi) is 5.79. The highest BCUT2D eigenvalue weighted by Crippen LogP contribution is 2.33.